The van der Waals surface area contributed by atoms with Crippen LogP contribution in [0.1, 0.15) is 31.3 Å². The van der Waals surface area contributed by atoms with E-state index in [0.717, 1.165) is 16.9 Å². The van der Waals surface area contributed by atoms with Crippen molar-refractivity contribution in [3.8, 4) is 17.1 Å². The third-order valence-electron chi connectivity index (χ3n) is 4.81. The smallest absolute Gasteiger partial charge is 0.262 e. The summed E-state index contributed by atoms with van der Waals surface area (Å²) < 4.78 is 7.15. The molecule has 7 nitrogen and oxygen atoms in total. The summed E-state index contributed by atoms with van der Waals surface area (Å²) in [6, 6.07) is 7.07. The van der Waals surface area contributed by atoms with Crippen LogP contribution >= 0.6 is 11.3 Å². The molecular formula is C23H24N4O3S. The van der Waals surface area contributed by atoms with E-state index < -0.39 is 0 Å². The number of aryl methyl sites for hydroxylation is 1. The van der Waals surface area contributed by atoms with Crippen LogP contribution in [0.3, 0.4) is 0 Å². The fourth-order valence-corrected chi connectivity index (χ4v) is 4.19. The van der Waals surface area contributed by atoms with Crippen LogP contribution in [0, 0.1) is 5.92 Å². The van der Waals surface area contributed by atoms with Crippen molar-refractivity contribution in [2.24, 2.45) is 5.92 Å². The van der Waals surface area contributed by atoms with Crippen molar-refractivity contribution in [1.82, 2.24) is 19.5 Å². The molecule has 4 rings (SSSR count). The first kappa shape index (κ1) is 21.0. The number of rotatable bonds is 7. The molecule has 0 aliphatic carbocycles. The van der Waals surface area contributed by atoms with E-state index in [1.54, 1.807) is 23.2 Å². The second kappa shape index (κ2) is 8.85. The third kappa shape index (κ3) is 4.44. The number of aromatic nitrogens is 4. The van der Waals surface area contributed by atoms with Crippen molar-refractivity contribution in [2.45, 2.75) is 33.7 Å². The molecule has 0 saturated heterocycles. The fourth-order valence-electron chi connectivity index (χ4n) is 3.23. The minimum atomic E-state index is -0.219. The van der Waals surface area contributed by atoms with Crippen molar-refractivity contribution >= 4 is 21.6 Å². The second-order valence-electron chi connectivity index (χ2n) is 7.75. The summed E-state index contributed by atoms with van der Waals surface area (Å²) in [5.41, 5.74) is 0.984. The molecule has 0 fully saturated rings. The minimum absolute atomic E-state index is 0.138. The Morgan fingerprint density at radius 1 is 1.26 bits per heavy atom. The van der Waals surface area contributed by atoms with Gasteiger partial charge in [-0.15, -0.1) is 11.3 Å². The highest BCUT2D eigenvalue weighted by atomic mass is 32.1. The first-order chi connectivity index (χ1) is 15.0. The predicted octanol–water partition coefficient (Wildman–Crippen LogP) is 3.85. The van der Waals surface area contributed by atoms with Gasteiger partial charge in [-0.05, 0) is 30.5 Å². The molecule has 160 valence electrons. The van der Waals surface area contributed by atoms with Crippen LogP contribution in [-0.4, -0.2) is 26.1 Å². The lowest BCUT2D eigenvalue weighted by Crippen LogP contribution is -2.24. The van der Waals surface area contributed by atoms with Crippen molar-refractivity contribution in [3.63, 3.8) is 0 Å². The van der Waals surface area contributed by atoms with Gasteiger partial charge in [-0.2, -0.15) is 0 Å². The van der Waals surface area contributed by atoms with Gasteiger partial charge in [-0.3, -0.25) is 19.1 Å². The van der Waals surface area contributed by atoms with Gasteiger partial charge in [0.25, 0.3) is 5.56 Å². The third-order valence-corrected chi connectivity index (χ3v) is 5.98. The average Bonchev–Trinajstić information content (AvgIpc) is 3.19. The lowest BCUT2D eigenvalue weighted by atomic mass is 10.2. The van der Waals surface area contributed by atoms with Crippen LogP contribution in [0.4, 0.5) is 0 Å². The van der Waals surface area contributed by atoms with Gasteiger partial charge in [0.2, 0.25) is 5.43 Å². The lowest BCUT2D eigenvalue weighted by molar-refractivity contribution is 0.267. The first-order valence-electron chi connectivity index (χ1n) is 10.2. The highest BCUT2D eigenvalue weighted by molar-refractivity contribution is 7.18. The molecule has 1 N–H and O–H groups in total. The van der Waals surface area contributed by atoms with E-state index >= 15 is 0 Å². The van der Waals surface area contributed by atoms with Crippen LogP contribution in [0.15, 0.2) is 52.4 Å². The van der Waals surface area contributed by atoms with Crippen molar-refractivity contribution in [2.75, 3.05) is 6.61 Å². The van der Waals surface area contributed by atoms with E-state index in [0.29, 0.717) is 34.3 Å². The van der Waals surface area contributed by atoms with E-state index in [9.17, 15) is 9.59 Å². The molecule has 0 unspecified atom stereocenters. The number of nitrogens with zero attached hydrogens (tertiary/aromatic N) is 3. The summed E-state index contributed by atoms with van der Waals surface area (Å²) in [6.07, 6.45) is 5.76. The van der Waals surface area contributed by atoms with Gasteiger partial charge in [-0.1, -0.05) is 20.8 Å². The Labute approximate surface area is 183 Å². The Bertz CT molecular complexity index is 1320. The minimum Gasteiger partial charge on any atom is -0.488 e. The molecule has 0 spiro atoms. The summed E-state index contributed by atoms with van der Waals surface area (Å²) >= 11 is 1.53. The predicted molar refractivity (Wildman–Crippen MR) is 123 cm³/mol. The van der Waals surface area contributed by atoms with Gasteiger partial charge in [0.05, 0.1) is 18.5 Å². The number of ether oxygens (including phenoxy) is 1. The zero-order valence-electron chi connectivity index (χ0n) is 17.7. The maximum absolute atomic E-state index is 13.4. The van der Waals surface area contributed by atoms with E-state index in [4.69, 9.17) is 9.72 Å². The van der Waals surface area contributed by atoms with Crippen molar-refractivity contribution < 1.29 is 4.74 Å². The van der Waals surface area contributed by atoms with Crippen LogP contribution in [0.25, 0.3) is 21.6 Å². The lowest BCUT2D eigenvalue weighted by Gasteiger charge is -2.13. The van der Waals surface area contributed by atoms with E-state index in [1.165, 1.54) is 17.4 Å². The maximum Gasteiger partial charge on any atom is 0.262 e. The van der Waals surface area contributed by atoms with Crippen molar-refractivity contribution in [3.05, 3.63) is 74.0 Å². The molecule has 0 aromatic carbocycles. The molecule has 0 radical (unpaired) electrons. The molecule has 31 heavy (non-hydrogen) atoms. The summed E-state index contributed by atoms with van der Waals surface area (Å²) in [5.74, 6) is 1.11. The molecule has 4 heterocycles. The quantitative estimate of drug-likeness (QED) is 0.475. The number of pyridine rings is 2. The summed E-state index contributed by atoms with van der Waals surface area (Å²) in [6.45, 7) is 6.74. The molecule has 0 atom stereocenters. The summed E-state index contributed by atoms with van der Waals surface area (Å²) in [5, 5.41) is 0.591. The highest BCUT2D eigenvalue weighted by Crippen LogP contribution is 2.25. The Balaban J connectivity index is 1.79. The van der Waals surface area contributed by atoms with Crippen molar-refractivity contribution in [1.29, 1.82) is 0 Å². The molecule has 0 amide bonds. The van der Waals surface area contributed by atoms with Gasteiger partial charge in [0.1, 0.15) is 10.7 Å². The maximum atomic E-state index is 13.4. The number of nitrogens with one attached hydrogen (secondary N) is 1. The Kier molecular flexibility index (Phi) is 5.99. The van der Waals surface area contributed by atoms with Gasteiger partial charge < -0.3 is 9.72 Å². The van der Waals surface area contributed by atoms with Crippen LogP contribution in [0.2, 0.25) is 0 Å². The zero-order chi connectivity index (χ0) is 22.0. The van der Waals surface area contributed by atoms with Gasteiger partial charge in [0, 0.05) is 40.8 Å². The average molecular weight is 437 g/mol. The Morgan fingerprint density at radius 3 is 2.77 bits per heavy atom. The molecule has 4 aromatic rings. The summed E-state index contributed by atoms with van der Waals surface area (Å²) in [4.78, 5) is 39.7. The monoisotopic (exact) mass is 436 g/mol. The van der Waals surface area contributed by atoms with Gasteiger partial charge in [0.15, 0.2) is 5.75 Å². The number of hydrogen-bond acceptors (Lipinski definition) is 6. The van der Waals surface area contributed by atoms with Crippen LogP contribution < -0.4 is 15.7 Å². The topological polar surface area (TPSA) is 89.9 Å². The van der Waals surface area contributed by atoms with E-state index in [-0.39, 0.29) is 23.3 Å². The molecule has 0 saturated carbocycles. The molecule has 8 heteroatoms. The standard InChI is InChI=1S/C23H24N4O3S/c1-4-17-9-18-22(31-17)26-21(15-6-5-7-24-10-15)27(23(18)29)12-16-8-19(28)20(11-25-16)30-13-14(2)3/h5-11,14H,4,12-13H2,1-3H3,(H,25,28). The van der Waals surface area contributed by atoms with E-state index in [2.05, 4.69) is 16.9 Å². The number of H-pyrrole nitrogens is 1. The van der Waals surface area contributed by atoms with E-state index in [1.807, 2.05) is 32.0 Å². The number of thiophene rings is 1. The normalized spacial score (nSPS) is 11.4. The Hall–Kier alpha value is -3.26. The molecule has 0 aliphatic heterocycles. The molecule has 0 aliphatic rings. The Morgan fingerprint density at radius 2 is 2.10 bits per heavy atom. The first-order valence-corrected chi connectivity index (χ1v) is 11.1. The summed E-state index contributed by atoms with van der Waals surface area (Å²) in [7, 11) is 0. The molecule has 0 bridgehead atoms. The number of aromatic amines is 1. The zero-order valence-corrected chi connectivity index (χ0v) is 18.5. The van der Waals surface area contributed by atoms with Crippen LogP contribution in [-0.2, 0) is 13.0 Å². The largest absolute Gasteiger partial charge is 0.488 e. The highest BCUT2D eigenvalue weighted by Gasteiger charge is 2.16. The number of fused-ring (bicyclic) bond motifs is 1. The molecular weight excluding hydrogens is 412 g/mol. The molecule has 4 aromatic heterocycles. The number of hydrogen-bond donors (Lipinski definition) is 1. The fraction of sp³-hybridized carbons (Fsp3) is 0.304. The van der Waals surface area contributed by atoms with Gasteiger partial charge >= 0.3 is 0 Å². The SMILES string of the molecule is CCc1cc2c(=O)n(Cc3cc(=O)c(OCC(C)C)c[nH]3)c(-c3cccnc3)nc2s1. The second-order valence-corrected chi connectivity index (χ2v) is 8.86. The van der Waals surface area contributed by atoms with Crippen LogP contribution in [0.5, 0.6) is 5.75 Å². The van der Waals surface area contributed by atoms with Gasteiger partial charge in [-0.25, -0.2) is 4.98 Å².